The molecule has 4 aromatic rings. The van der Waals surface area contributed by atoms with Gasteiger partial charge in [0, 0.05) is 11.8 Å². The molecule has 2 aromatic carbocycles. The quantitative estimate of drug-likeness (QED) is 0.484. The zero-order valence-electron chi connectivity index (χ0n) is 15.5. The topological polar surface area (TPSA) is 70.3 Å². The molecule has 0 bridgehead atoms. The Morgan fingerprint density at radius 1 is 0.929 bits per heavy atom. The molecule has 140 valence electrons. The van der Waals surface area contributed by atoms with E-state index >= 15 is 0 Å². The first kappa shape index (κ1) is 18.0. The van der Waals surface area contributed by atoms with Crippen LogP contribution < -0.4 is 15.2 Å². The number of ether oxygens (including phenoxy) is 2. The smallest absolute Gasteiger partial charge is 0.208 e. The van der Waals surface area contributed by atoms with Crippen molar-refractivity contribution in [2.24, 2.45) is 0 Å². The number of benzene rings is 2. The highest BCUT2D eigenvalue weighted by molar-refractivity contribution is 7.13. The second kappa shape index (κ2) is 7.70. The predicted molar refractivity (Wildman–Crippen MR) is 113 cm³/mol. The number of nitrogens with two attached hydrogens (primary N) is 1. The Kier molecular flexibility index (Phi) is 4.95. The first-order chi connectivity index (χ1) is 13.7. The number of aryl methyl sites for hydroxylation is 1. The SMILES string of the molecule is COc1ccc(-c2c(Oc3sc(C)nc3-c3ccccc3)ccnc2N)cc1. The van der Waals surface area contributed by atoms with Crippen molar-refractivity contribution in [3.8, 4) is 38.9 Å². The number of anilines is 1. The molecule has 0 saturated heterocycles. The summed E-state index contributed by atoms with van der Waals surface area (Å²) in [6.45, 7) is 1.97. The van der Waals surface area contributed by atoms with Crippen LogP contribution in [-0.4, -0.2) is 17.1 Å². The molecule has 28 heavy (non-hydrogen) atoms. The van der Waals surface area contributed by atoms with Crippen LogP contribution in [0.15, 0.2) is 66.9 Å². The maximum absolute atomic E-state index is 6.31. The van der Waals surface area contributed by atoms with E-state index in [4.69, 9.17) is 15.2 Å². The molecule has 2 aromatic heterocycles. The third-order valence-electron chi connectivity index (χ3n) is 4.27. The third kappa shape index (κ3) is 3.54. The van der Waals surface area contributed by atoms with Crippen molar-refractivity contribution in [3.05, 3.63) is 71.9 Å². The Bertz CT molecular complexity index is 1090. The van der Waals surface area contributed by atoms with E-state index in [-0.39, 0.29) is 0 Å². The fourth-order valence-corrected chi connectivity index (χ4v) is 3.74. The molecule has 0 spiro atoms. The molecule has 0 aliphatic heterocycles. The molecule has 0 radical (unpaired) electrons. The van der Waals surface area contributed by atoms with Crippen molar-refractivity contribution in [2.75, 3.05) is 12.8 Å². The van der Waals surface area contributed by atoms with Crippen LogP contribution in [0.4, 0.5) is 5.82 Å². The van der Waals surface area contributed by atoms with Crippen LogP contribution in [0.1, 0.15) is 5.01 Å². The van der Waals surface area contributed by atoms with E-state index in [0.717, 1.165) is 38.2 Å². The van der Waals surface area contributed by atoms with Gasteiger partial charge in [-0.25, -0.2) is 9.97 Å². The minimum atomic E-state index is 0.408. The lowest BCUT2D eigenvalue weighted by Gasteiger charge is -2.13. The van der Waals surface area contributed by atoms with Crippen molar-refractivity contribution in [2.45, 2.75) is 6.92 Å². The Balaban J connectivity index is 1.77. The van der Waals surface area contributed by atoms with Gasteiger partial charge in [0.05, 0.1) is 17.7 Å². The molecule has 6 heteroatoms. The molecular formula is C22H19N3O2S. The molecule has 0 unspecified atom stereocenters. The summed E-state index contributed by atoms with van der Waals surface area (Å²) in [5.41, 5.74) is 9.68. The Hall–Kier alpha value is -3.38. The largest absolute Gasteiger partial charge is 0.497 e. The van der Waals surface area contributed by atoms with Gasteiger partial charge in [0.1, 0.15) is 23.0 Å². The minimum absolute atomic E-state index is 0.408. The number of hydrogen-bond donors (Lipinski definition) is 1. The summed E-state index contributed by atoms with van der Waals surface area (Å²) >= 11 is 1.51. The third-order valence-corrected chi connectivity index (χ3v) is 5.12. The van der Waals surface area contributed by atoms with E-state index in [1.165, 1.54) is 11.3 Å². The van der Waals surface area contributed by atoms with Crippen LogP contribution in [0.25, 0.3) is 22.4 Å². The fourth-order valence-electron chi connectivity index (χ4n) is 2.95. The van der Waals surface area contributed by atoms with Gasteiger partial charge < -0.3 is 15.2 Å². The lowest BCUT2D eigenvalue weighted by Crippen LogP contribution is -1.97. The highest BCUT2D eigenvalue weighted by Gasteiger charge is 2.18. The molecule has 5 nitrogen and oxygen atoms in total. The number of nitrogens with zero attached hydrogens (tertiary/aromatic N) is 2. The molecule has 0 saturated carbocycles. The van der Waals surface area contributed by atoms with Gasteiger partial charge >= 0.3 is 0 Å². The number of nitrogen functional groups attached to an aromatic ring is 1. The van der Waals surface area contributed by atoms with Crippen LogP contribution in [-0.2, 0) is 0 Å². The summed E-state index contributed by atoms with van der Waals surface area (Å²) in [6.07, 6.45) is 1.65. The maximum atomic E-state index is 6.31. The average molecular weight is 389 g/mol. The number of rotatable bonds is 5. The minimum Gasteiger partial charge on any atom is -0.497 e. The molecule has 2 heterocycles. The van der Waals surface area contributed by atoms with Crippen molar-refractivity contribution in [1.29, 1.82) is 0 Å². The van der Waals surface area contributed by atoms with Crippen LogP contribution in [0.3, 0.4) is 0 Å². The standard InChI is InChI=1S/C22H19N3O2S/c1-14-25-20(16-6-4-3-5-7-16)22(28-14)27-18-12-13-24-21(23)19(18)15-8-10-17(26-2)11-9-15/h3-13H,1-2H3,(H2,23,24). The van der Waals surface area contributed by atoms with Crippen LogP contribution in [0, 0.1) is 6.92 Å². The van der Waals surface area contributed by atoms with Gasteiger partial charge in [0.25, 0.3) is 0 Å². The van der Waals surface area contributed by atoms with Gasteiger partial charge in [0.2, 0.25) is 5.06 Å². The van der Waals surface area contributed by atoms with Gasteiger partial charge in [-0.1, -0.05) is 53.8 Å². The molecular weight excluding hydrogens is 370 g/mol. The predicted octanol–water partition coefficient (Wildman–Crippen LogP) is 5.56. The molecule has 2 N–H and O–H groups in total. The summed E-state index contributed by atoms with van der Waals surface area (Å²) in [4.78, 5) is 8.90. The summed E-state index contributed by atoms with van der Waals surface area (Å²) in [5, 5.41) is 1.66. The van der Waals surface area contributed by atoms with E-state index in [9.17, 15) is 0 Å². The highest BCUT2D eigenvalue weighted by atomic mass is 32.1. The van der Waals surface area contributed by atoms with Crippen LogP contribution in [0.2, 0.25) is 0 Å². The van der Waals surface area contributed by atoms with E-state index in [1.807, 2.05) is 67.6 Å². The zero-order valence-corrected chi connectivity index (χ0v) is 16.4. The second-order valence-corrected chi connectivity index (χ2v) is 7.30. The lowest BCUT2D eigenvalue weighted by atomic mass is 10.1. The first-order valence-corrected chi connectivity index (χ1v) is 9.57. The normalized spacial score (nSPS) is 10.6. The van der Waals surface area contributed by atoms with Gasteiger partial charge in [0.15, 0.2) is 0 Å². The number of methoxy groups -OCH3 is 1. The summed E-state index contributed by atoms with van der Waals surface area (Å²) in [7, 11) is 1.64. The van der Waals surface area contributed by atoms with E-state index in [2.05, 4.69) is 9.97 Å². The van der Waals surface area contributed by atoms with Crippen molar-refractivity contribution in [1.82, 2.24) is 9.97 Å². The van der Waals surface area contributed by atoms with Crippen molar-refractivity contribution < 1.29 is 9.47 Å². The van der Waals surface area contributed by atoms with Crippen molar-refractivity contribution >= 4 is 17.2 Å². The zero-order chi connectivity index (χ0) is 19.5. The highest BCUT2D eigenvalue weighted by Crippen LogP contribution is 2.42. The fraction of sp³-hybridized carbons (Fsp3) is 0.0909. The van der Waals surface area contributed by atoms with Gasteiger partial charge in [-0.15, -0.1) is 0 Å². The van der Waals surface area contributed by atoms with E-state index < -0.39 is 0 Å². The Morgan fingerprint density at radius 3 is 2.39 bits per heavy atom. The lowest BCUT2D eigenvalue weighted by molar-refractivity contribution is 0.415. The number of pyridine rings is 1. The summed E-state index contributed by atoms with van der Waals surface area (Å²) < 4.78 is 11.6. The van der Waals surface area contributed by atoms with Crippen LogP contribution >= 0.6 is 11.3 Å². The monoisotopic (exact) mass is 389 g/mol. The Labute approximate surface area is 167 Å². The average Bonchev–Trinajstić information content (AvgIpc) is 3.09. The first-order valence-electron chi connectivity index (χ1n) is 8.75. The molecule has 0 aliphatic rings. The molecule has 0 aliphatic carbocycles. The van der Waals surface area contributed by atoms with E-state index in [0.29, 0.717) is 11.6 Å². The second-order valence-electron chi connectivity index (χ2n) is 6.13. The molecule has 0 atom stereocenters. The van der Waals surface area contributed by atoms with Gasteiger partial charge in [-0.3, -0.25) is 0 Å². The Morgan fingerprint density at radius 2 is 1.68 bits per heavy atom. The van der Waals surface area contributed by atoms with Crippen molar-refractivity contribution in [3.63, 3.8) is 0 Å². The molecule has 0 fully saturated rings. The molecule has 4 rings (SSSR count). The summed E-state index contributed by atoms with van der Waals surface area (Å²) in [5.74, 6) is 1.82. The number of thiazole rings is 1. The van der Waals surface area contributed by atoms with Gasteiger partial charge in [-0.05, 0) is 30.7 Å². The van der Waals surface area contributed by atoms with Crippen LogP contribution in [0.5, 0.6) is 16.6 Å². The van der Waals surface area contributed by atoms with Gasteiger partial charge in [-0.2, -0.15) is 0 Å². The number of hydrogen-bond acceptors (Lipinski definition) is 6. The number of aromatic nitrogens is 2. The summed E-state index contributed by atoms with van der Waals surface area (Å²) in [6, 6.07) is 19.5. The van der Waals surface area contributed by atoms with E-state index in [1.54, 1.807) is 13.3 Å². The maximum Gasteiger partial charge on any atom is 0.208 e. The molecule has 0 amide bonds.